The minimum absolute atomic E-state index is 0.0775. The van der Waals surface area contributed by atoms with Crippen molar-refractivity contribution in [2.24, 2.45) is 5.92 Å². The van der Waals surface area contributed by atoms with Gasteiger partial charge in [-0.25, -0.2) is 0 Å². The Labute approximate surface area is 234 Å². The largest absolute Gasteiger partial charge is 0.354 e. The molecule has 1 N–H and O–H groups in total. The number of thioether (sulfide) groups is 1. The molecule has 1 atom stereocenters. The molecule has 0 saturated heterocycles. The van der Waals surface area contributed by atoms with Crippen molar-refractivity contribution >= 4 is 46.8 Å². The van der Waals surface area contributed by atoms with Crippen molar-refractivity contribution in [2.45, 2.75) is 45.5 Å². The molecular formula is C30H34Cl2N2O2S. The normalized spacial score (nSPS) is 11.8. The molecule has 0 aliphatic rings. The number of nitrogens with zero attached hydrogens (tertiary/aromatic N) is 1. The van der Waals surface area contributed by atoms with Crippen LogP contribution >= 0.6 is 35.0 Å². The summed E-state index contributed by atoms with van der Waals surface area (Å²) in [6.45, 7) is 7.06. The van der Waals surface area contributed by atoms with Gasteiger partial charge in [0.25, 0.3) is 0 Å². The van der Waals surface area contributed by atoms with Gasteiger partial charge in [-0.2, -0.15) is 0 Å². The van der Waals surface area contributed by atoms with Crippen LogP contribution in [0.4, 0.5) is 0 Å². The lowest BCUT2D eigenvalue weighted by molar-refractivity contribution is -0.139. The SMILES string of the molecule is Cc1ccc(CN(C(=O)CSCc2ccc(Cl)c(Cl)c2)C(Cc2ccccc2)C(=O)NCC(C)C)cc1. The van der Waals surface area contributed by atoms with Crippen LogP contribution in [0, 0.1) is 12.8 Å². The van der Waals surface area contributed by atoms with Crippen molar-refractivity contribution in [3.8, 4) is 0 Å². The van der Waals surface area contributed by atoms with Crippen LogP contribution in [0.15, 0.2) is 72.8 Å². The molecule has 3 aromatic rings. The molecule has 3 aromatic carbocycles. The van der Waals surface area contributed by atoms with Crippen molar-refractivity contribution in [1.82, 2.24) is 10.2 Å². The predicted octanol–water partition coefficient (Wildman–Crippen LogP) is 6.95. The zero-order valence-corrected chi connectivity index (χ0v) is 23.9. The maximum atomic E-state index is 13.7. The fourth-order valence-corrected chi connectivity index (χ4v) is 5.01. The van der Waals surface area contributed by atoms with Crippen molar-refractivity contribution in [1.29, 1.82) is 0 Å². The molecule has 7 heteroatoms. The lowest BCUT2D eigenvalue weighted by atomic mass is 10.0. The van der Waals surface area contributed by atoms with Crippen LogP contribution in [0.2, 0.25) is 10.0 Å². The first-order valence-corrected chi connectivity index (χ1v) is 14.3. The van der Waals surface area contributed by atoms with Crippen molar-refractivity contribution in [3.63, 3.8) is 0 Å². The molecular weight excluding hydrogens is 523 g/mol. The Kier molecular flexibility index (Phi) is 11.4. The maximum absolute atomic E-state index is 13.7. The van der Waals surface area contributed by atoms with Crippen molar-refractivity contribution in [2.75, 3.05) is 12.3 Å². The summed E-state index contributed by atoms with van der Waals surface area (Å²) in [5.41, 5.74) is 4.14. The van der Waals surface area contributed by atoms with Gasteiger partial charge in [-0.05, 0) is 41.7 Å². The zero-order valence-electron chi connectivity index (χ0n) is 21.5. The van der Waals surface area contributed by atoms with E-state index in [0.29, 0.717) is 41.2 Å². The molecule has 0 radical (unpaired) electrons. The van der Waals surface area contributed by atoms with Crippen LogP contribution in [-0.2, 0) is 28.3 Å². The average Bonchev–Trinajstić information content (AvgIpc) is 2.88. The van der Waals surface area contributed by atoms with E-state index < -0.39 is 6.04 Å². The molecule has 37 heavy (non-hydrogen) atoms. The monoisotopic (exact) mass is 556 g/mol. The van der Waals surface area contributed by atoms with E-state index in [2.05, 4.69) is 19.2 Å². The number of halogens is 2. The summed E-state index contributed by atoms with van der Waals surface area (Å²) in [5, 5.41) is 4.06. The summed E-state index contributed by atoms with van der Waals surface area (Å²) < 4.78 is 0. The van der Waals surface area contributed by atoms with Gasteiger partial charge in [0.05, 0.1) is 15.8 Å². The predicted molar refractivity (Wildman–Crippen MR) is 156 cm³/mol. The molecule has 0 fully saturated rings. The Bertz CT molecular complexity index is 1170. The Hall–Kier alpha value is -2.47. The number of nitrogens with one attached hydrogen (secondary N) is 1. The second kappa shape index (κ2) is 14.5. The van der Waals surface area contributed by atoms with E-state index >= 15 is 0 Å². The highest BCUT2D eigenvalue weighted by Gasteiger charge is 2.30. The van der Waals surface area contributed by atoms with Crippen LogP contribution < -0.4 is 5.32 Å². The van der Waals surface area contributed by atoms with E-state index in [0.717, 1.165) is 22.3 Å². The molecule has 196 valence electrons. The summed E-state index contributed by atoms with van der Waals surface area (Å²) in [5.74, 6) is 0.960. The molecule has 0 bridgehead atoms. The van der Waals surface area contributed by atoms with Gasteiger partial charge in [0.1, 0.15) is 6.04 Å². The minimum atomic E-state index is -0.625. The first-order valence-electron chi connectivity index (χ1n) is 12.4. The lowest BCUT2D eigenvalue weighted by Gasteiger charge is -2.32. The first-order chi connectivity index (χ1) is 17.7. The highest BCUT2D eigenvalue weighted by Crippen LogP contribution is 2.25. The van der Waals surface area contributed by atoms with Crippen molar-refractivity contribution < 1.29 is 9.59 Å². The number of hydrogen-bond acceptors (Lipinski definition) is 3. The van der Waals surface area contributed by atoms with Gasteiger partial charge in [0.2, 0.25) is 11.8 Å². The number of carbonyl (C=O) groups is 2. The lowest BCUT2D eigenvalue weighted by Crippen LogP contribution is -2.51. The molecule has 1 unspecified atom stereocenters. The molecule has 0 aliphatic carbocycles. The molecule has 0 heterocycles. The van der Waals surface area contributed by atoms with Crippen LogP contribution in [0.25, 0.3) is 0 Å². The van der Waals surface area contributed by atoms with Crippen LogP contribution in [-0.4, -0.2) is 35.1 Å². The Morgan fingerprint density at radius 2 is 1.57 bits per heavy atom. The summed E-state index contributed by atoms with van der Waals surface area (Å²) >= 11 is 13.7. The summed E-state index contributed by atoms with van der Waals surface area (Å²) in [4.78, 5) is 28.9. The molecule has 0 saturated carbocycles. The molecule has 4 nitrogen and oxygen atoms in total. The topological polar surface area (TPSA) is 49.4 Å². The van der Waals surface area contributed by atoms with Gasteiger partial charge in [0.15, 0.2) is 0 Å². The first kappa shape index (κ1) is 29.1. The smallest absolute Gasteiger partial charge is 0.243 e. The number of amides is 2. The molecule has 3 rings (SSSR count). The van der Waals surface area contributed by atoms with Gasteiger partial charge < -0.3 is 10.2 Å². The number of benzene rings is 3. The van der Waals surface area contributed by atoms with Gasteiger partial charge in [-0.15, -0.1) is 11.8 Å². The van der Waals surface area contributed by atoms with E-state index in [1.165, 1.54) is 11.8 Å². The number of aryl methyl sites for hydroxylation is 1. The third-order valence-electron chi connectivity index (χ3n) is 5.91. The summed E-state index contributed by atoms with van der Waals surface area (Å²) in [7, 11) is 0. The third kappa shape index (κ3) is 9.41. The number of rotatable bonds is 12. The number of carbonyl (C=O) groups excluding carboxylic acids is 2. The fourth-order valence-electron chi connectivity index (χ4n) is 3.84. The van der Waals surface area contributed by atoms with E-state index in [9.17, 15) is 9.59 Å². The van der Waals surface area contributed by atoms with Crippen molar-refractivity contribution in [3.05, 3.63) is 105 Å². The minimum Gasteiger partial charge on any atom is -0.354 e. The van der Waals surface area contributed by atoms with E-state index in [1.807, 2.05) is 73.7 Å². The van der Waals surface area contributed by atoms with Crippen LogP contribution in [0.5, 0.6) is 0 Å². The van der Waals surface area contributed by atoms with Crippen LogP contribution in [0.3, 0.4) is 0 Å². The molecule has 0 spiro atoms. The molecule has 0 aromatic heterocycles. The van der Waals surface area contributed by atoms with E-state index in [1.54, 1.807) is 11.0 Å². The second-order valence-electron chi connectivity index (χ2n) is 9.59. The Morgan fingerprint density at radius 1 is 0.892 bits per heavy atom. The standard InChI is InChI=1S/C30H34Cl2N2O2S/c1-21(2)17-33-30(36)28(16-23-7-5-4-6-8-23)34(18-24-11-9-22(3)10-12-24)29(35)20-37-19-25-13-14-26(31)27(32)15-25/h4-15,21,28H,16-20H2,1-3H3,(H,33,36). The summed E-state index contributed by atoms with van der Waals surface area (Å²) in [6, 6.07) is 22.8. The van der Waals surface area contributed by atoms with Gasteiger partial charge in [-0.1, -0.05) is 103 Å². The quantitative estimate of drug-likeness (QED) is 0.262. The van der Waals surface area contributed by atoms with E-state index in [-0.39, 0.29) is 17.6 Å². The average molecular weight is 558 g/mol. The van der Waals surface area contributed by atoms with Crippen LogP contribution in [0.1, 0.15) is 36.1 Å². The Morgan fingerprint density at radius 3 is 2.22 bits per heavy atom. The highest BCUT2D eigenvalue weighted by atomic mass is 35.5. The van der Waals surface area contributed by atoms with Gasteiger partial charge in [0, 0.05) is 25.3 Å². The molecule has 2 amide bonds. The highest BCUT2D eigenvalue weighted by molar-refractivity contribution is 7.99. The summed E-state index contributed by atoms with van der Waals surface area (Å²) in [6.07, 6.45) is 0.444. The maximum Gasteiger partial charge on any atom is 0.243 e. The van der Waals surface area contributed by atoms with Gasteiger partial charge >= 0.3 is 0 Å². The fraction of sp³-hybridized carbons (Fsp3) is 0.333. The zero-order chi connectivity index (χ0) is 26.8. The van der Waals surface area contributed by atoms with E-state index in [4.69, 9.17) is 23.2 Å². The third-order valence-corrected chi connectivity index (χ3v) is 7.63. The molecule has 0 aliphatic heterocycles. The number of hydrogen-bond donors (Lipinski definition) is 1. The Balaban J connectivity index is 1.83. The second-order valence-corrected chi connectivity index (χ2v) is 11.4. The van der Waals surface area contributed by atoms with Gasteiger partial charge in [-0.3, -0.25) is 9.59 Å².